The Bertz CT molecular complexity index is 820. The van der Waals surface area contributed by atoms with Crippen LogP contribution in [0.1, 0.15) is 19.8 Å². The minimum atomic E-state index is -0.878. The SMILES string of the molecule is C[C@@H]1CN(c2ccc(-c3cn[nH]c3)c(F)c2F)CCN1C(=O)N1CCCC1. The van der Waals surface area contributed by atoms with Crippen LogP contribution in [0.2, 0.25) is 0 Å². The molecule has 144 valence electrons. The highest BCUT2D eigenvalue weighted by molar-refractivity contribution is 5.75. The molecule has 1 aromatic carbocycles. The van der Waals surface area contributed by atoms with Gasteiger partial charge >= 0.3 is 6.03 Å². The van der Waals surface area contributed by atoms with Gasteiger partial charge in [-0.05, 0) is 31.9 Å². The molecule has 6 nitrogen and oxygen atoms in total. The first kappa shape index (κ1) is 17.8. The summed E-state index contributed by atoms with van der Waals surface area (Å²) in [5, 5.41) is 6.39. The summed E-state index contributed by atoms with van der Waals surface area (Å²) in [4.78, 5) is 18.2. The molecule has 0 bridgehead atoms. The van der Waals surface area contributed by atoms with Gasteiger partial charge in [-0.2, -0.15) is 5.10 Å². The van der Waals surface area contributed by atoms with Gasteiger partial charge in [0, 0.05) is 56.1 Å². The van der Waals surface area contributed by atoms with Crippen molar-refractivity contribution >= 4 is 11.7 Å². The Hall–Kier alpha value is -2.64. The first-order chi connectivity index (χ1) is 13.1. The van der Waals surface area contributed by atoms with Gasteiger partial charge in [-0.3, -0.25) is 5.10 Å². The second kappa shape index (κ2) is 7.17. The Balaban J connectivity index is 1.50. The molecule has 27 heavy (non-hydrogen) atoms. The van der Waals surface area contributed by atoms with Crippen LogP contribution in [-0.4, -0.2) is 64.8 Å². The molecule has 2 aliphatic rings. The number of likely N-dealkylation sites (tertiary alicyclic amines) is 1. The molecule has 1 atom stereocenters. The summed E-state index contributed by atoms with van der Waals surface area (Å²) in [5.74, 6) is -1.74. The zero-order chi connectivity index (χ0) is 19.0. The van der Waals surface area contributed by atoms with E-state index in [9.17, 15) is 13.6 Å². The second-order valence-corrected chi connectivity index (χ2v) is 7.21. The van der Waals surface area contributed by atoms with Crippen LogP contribution in [0, 0.1) is 11.6 Å². The van der Waals surface area contributed by atoms with E-state index in [-0.39, 0.29) is 23.3 Å². The number of hydrogen-bond acceptors (Lipinski definition) is 3. The number of anilines is 1. The topological polar surface area (TPSA) is 55.5 Å². The van der Waals surface area contributed by atoms with Gasteiger partial charge in [-0.25, -0.2) is 13.6 Å². The monoisotopic (exact) mass is 375 g/mol. The number of amides is 2. The third kappa shape index (κ3) is 3.24. The van der Waals surface area contributed by atoms with Crippen LogP contribution in [0.15, 0.2) is 24.5 Å². The van der Waals surface area contributed by atoms with Gasteiger partial charge in [-0.1, -0.05) is 0 Å². The minimum Gasteiger partial charge on any atom is -0.365 e. The Kier molecular flexibility index (Phi) is 4.72. The Morgan fingerprint density at radius 1 is 1.15 bits per heavy atom. The fourth-order valence-corrected chi connectivity index (χ4v) is 3.96. The Labute approximate surface area is 156 Å². The number of piperazine rings is 1. The van der Waals surface area contributed by atoms with Gasteiger partial charge in [0.05, 0.1) is 11.9 Å². The summed E-state index contributed by atoms with van der Waals surface area (Å²) in [6.07, 6.45) is 5.09. The Morgan fingerprint density at radius 3 is 2.59 bits per heavy atom. The third-order valence-corrected chi connectivity index (χ3v) is 5.46. The summed E-state index contributed by atoms with van der Waals surface area (Å²) < 4.78 is 29.3. The van der Waals surface area contributed by atoms with E-state index < -0.39 is 11.6 Å². The maximum atomic E-state index is 14.7. The number of nitrogens with one attached hydrogen (secondary N) is 1. The number of aromatic amines is 1. The molecule has 2 fully saturated rings. The van der Waals surface area contributed by atoms with Gasteiger partial charge in [0.15, 0.2) is 11.6 Å². The first-order valence-electron chi connectivity index (χ1n) is 9.34. The van der Waals surface area contributed by atoms with Gasteiger partial charge in [0.2, 0.25) is 0 Å². The molecular weight excluding hydrogens is 352 g/mol. The van der Waals surface area contributed by atoms with Crippen molar-refractivity contribution in [2.24, 2.45) is 0 Å². The van der Waals surface area contributed by atoms with Crippen LogP contribution in [0.25, 0.3) is 11.1 Å². The molecule has 2 saturated heterocycles. The zero-order valence-corrected chi connectivity index (χ0v) is 15.3. The molecule has 1 N–H and O–H groups in total. The van der Waals surface area contributed by atoms with E-state index in [1.165, 1.54) is 12.4 Å². The molecule has 0 aliphatic carbocycles. The number of halogens is 2. The lowest BCUT2D eigenvalue weighted by atomic mass is 10.1. The van der Waals surface area contributed by atoms with E-state index in [0.717, 1.165) is 25.9 Å². The predicted octanol–water partition coefficient (Wildman–Crippen LogP) is 3.08. The second-order valence-electron chi connectivity index (χ2n) is 7.21. The molecule has 0 spiro atoms. The largest absolute Gasteiger partial charge is 0.365 e. The number of urea groups is 1. The molecule has 2 aliphatic heterocycles. The van der Waals surface area contributed by atoms with Crippen LogP contribution < -0.4 is 4.90 Å². The minimum absolute atomic E-state index is 0.0570. The molecule has 1 aromatic heterocycles. The summed E-state index contributed by atoms with van der Waals surface area (Å²) >= 11 is 0. The fraction of sp³-hybridized carbons (Fsp3) is 0.474. The molecule has 4 rings (SSSR count). The molecule has 2 aromatic rings. The van der Waals surface area contributed by atoms with Crippen LogP contribution in [0.5, 0.6) is 0 Å². The number of carbonyl (C=O) groups is 1. The number of hydrogen-bond donors (Lipinski definition) is 1. The molecular formula is C19H23F2N5O. The third-order valence-electron chi connectivity index (χ3n) is 5.46. The van der Waals surface area contributed by atoms with Gasteiger partial charge in [0.25, 0.3) is 0 Å². The number of rotatable bonds is 2. The first-order valence-corrected chi connectivity index (χ1v) is 9.34. The Morgan fingerprint density at radius 2 is 1.93 bits per heavy atom. The number of H-pyrrole nitrogens is 1. The van der Waals surface area contributed by atoms with Crippen molar-refractivity contribution in [2.75, 3.05) is 37.6 Å². The van der Waals surface area contributed by atoms with E-state index in [1.54, 1.807) is 12.1 Å². The van der Waals surface area contributed by atoms with E-state index in [1.807, 2.05) is 21.6 Å². The van der Waals surface area contributed by atoms with Crippen molar-refractivity contribution in [3.05, 3.63) is 36.2 Å². The normalized spacial score (nSPS) is 20.4. The average Bonchev–Trinajstić information content (AvgIpc) is 3.37. The molecule has 8 heteroatoms. The lowest BCUT2D eigenvalue weighted by molar-refractivity contribution is 0.139. The molecule has 0 saturated carbocycles. The lowest BCUT2D eigenvalue weighted by Gasteiger charge is -2.42. The van der Waals surface area contributed by atoms with Crippen molar-refractivity contribution in [2.45, 2.75) is 25.8 Å². The summed E-state index contributed by atoms with van der Waals surface area (Å²) in [5.41, 5.74) is 0.924. The average molecular weight is 375 g/mol. The molecule has 0 unspecified atom stereocenters. The van der Waals surface area contributed by atoms with E-state index in [0.29, 0.717) is 25.2 Å². The van der Waals surface area contributed by atoms with Crippen molar-refractivity contribution in [3.63, 3.8) is 0 Å². The van der Waals surface area contributed by atoms with Gasteiger partial charge < -0.3 is 14.7 Å². The van der Waals surface area contributed by atoms with E-state index in [2.05, 4.69) is 10.2 Å². The maximum Gasteiger partial charge on any atom is 0.320 e. The predicted molar refractivity (Wildman–Crippen MR) is 98.5 cm³/mol. The zero-order valence-electron chi connectivity index (χ0n) is 15.3. The summed E-state index contributed by atoms with van der Waals surface area (Å²) in [7, 11) is 0. The quantitative estimate of drug-likeness (QED) is 0.878. The van der Waals surface area contributed by atoms with Crippen LogP contribution in [0.3, 0.4) is 0 Å². The molecule has 2 amide bonds. The van der Waals surface area contributed by atoms with Crippen LogP contribution >= 0.6 is 0 Å². The highest BCUT2D eigenvalue weighted by atomic mass is 19.2. The fourth-order valence-electron chi connectivity index (χ4n) is 3.96. The maximum absolute atomic E-state index is 14.7. The standard InChI is InChI=1S/C19H23F2N5O/c1-13-12-25(8-9-26(13)19(27)24-6-2-3-7-24)16-5-4-15(17(20)18(16)21)14-10-22-23-11-14/h4-5,10-11,13H,2-3,6-9,12H2,1H3,(H,22,23)/t13-/m1/s1. The highest BCUT2D eigenvalue weighted by Crippen LogP contribution is 2.31. The van der Waals surface area contributed by atoms with Crippen molar-refractivity contribution in [3.8, 4) is 11.1 Å². The van der Waals surface area contributed by atoms with Gasteiger partial charge in [0.1, 0.15) is 0 Å². The smallest absolute Gasteiger partial charge is 0.320 e. The van der Waals surface area contributed by atoms with Crippen LogP contribution in [-0.2, 0) is 0 Å². The van der Waals surface area contributed by atoms with Gasteiger partial charge in [-0.15, -0.1) is 0 Å². The van der Waals surface area contributed by atoms with Crippen molar-refractivity contribution in [1.29, 1.82) is 0 Å². The summed E-state index contributed by atoms with van der Waals surface area (Å²) in [6, 6.07) is 3.17. The molecule has 0 radical (unpaired) electrons. The number of nitrogens with zero attached hydrogens (tertiary/aromatic N) is 4. The van der Waals surface area contributed by atoms with Crippen molar-refractivity contribution in [1.82, 2.24) is 20.0 Å². The van der Waals surface area contributed by atoms with Crippen molar-refractivity contribution < 1.29 is 13.6 Å². The number of carbonyl (C=O) groups excluding carboxylic acids is 1. The highest BCUT2D eigenvalue weighted by Gasteiger charge is 2.32. The summed E-state index contributed by atoms with van der Waals surface area (Å²) in [6.45, 7) is 5.02. The molecule has 3 heterocycles. The number of benzene rings is 1. The number of aromatic nitrogens is 2. The van der Waals surface area contributed by atoms with E-state index in [4.69, 9.17) is 0 Å². The van der Waals surface area contributed by atoms with E-state index >= 15 is 0 Å². The lowest BCUT2D eigenvalue weighted by Crippen LogP contribution is -2.57. The van der Waals surface area contributed by atoms with Crippen LogP contribution in [0.4, 0.5) is 19.3 Å².